The Bertz CT molecular complexity index is 584. The van der Waals surface area contributed by atoms with Gasteiger partial charge in [0.1, 0.15) is 0 Å². The largest absolute Gasteiger partial charge is 0.289 e. The molecule has 0 saturated carbocycles. The maximum Gasteiger partial charge on any atom is 0.193 e. The first-order valence-corrected chi connectivity index (χ1v) is 5.99. The molecule has 1 aliphatic carbocycles. The van der Waals surface area contributed by atoms with E-state index in [4.69, 9.17) is 0 Å². The van der Waals surface area contributed by atoms with E-state index < -0.39 is 0 Å². The third-order valence-electron chi connectivity index (χ3n) is 3.52. The highest BCUT2D eigenvalue weighted by molar-refractivity contribution is 6.11. The summed E-state index contributed by atoms with van der Waals surface area (Å²) in [6.07, 6.45) is 0.943. The molecular weight excluding hydrogens is 208 g/mol. The fraction of sp³-hybridized carbons (Fsp3) is 0.188. The zero-order chi connectivity index (χ0) is 11.8. The maximum absolute atomic E-state index is 12.5. The van der Waals surface area contributed by atoms with E-state index in [1.165, 1.54) is 11.1 Å². The Kier molecular flexibility index (Phi) is 2.32. The van der Waals surface area contributed by atoms with Crippen molar-refractivity contribution in [2.45, 2.75) is 19.3 Å². The fourth-order valence-corrected chi connectivity index (χ4v) is 2.64. The van der Waals surface area contributed by atoms with E-state index in [-0.39, 0.29) is 5.78 Å². The molecule has 17 heavy (non-hydrogen) atoms. The molecule has 0 aromatic heterocycles. The van der Waals surface area contributed by atoms with Crippen LogP contribution in [0.1, 0.15) is 39.9 Å². The van der Waals surface area contributed by atoms with Crippen molar-refractivity contribution >= 4 is 5.78 Å². The van der Waals surface area contributed by atoms with Crippen LogP contribution >= 0.6 is 0 Å². The Morgan fingerprint density at radius 1 is 0.941 bits per heavy atom. The smallest absolute Gasteiger partial charge is 0.193 e. The van der Waals surface area contributed by atoms with Gasteiger partial charge >= 0.3 is 0 Å². The SMILES string of the molecule is CC1Cc2ccccc2C(=O)c2ccccc21. The van der Waals surface area contributed by atoms with Crippen molar-refractivity contribution < 1.29 is 4.79 Å². The minimum absolute atomic E-state index is 0.167. The number of carbonyl (C=O) groups is 1. The molecule has 0 spiro atoms. The molecule has 0 aliphatic heterocycles. The summed E-state index contributed by atoms with van der Waals surface area (Å²) in [6.45, 7) is 2.19. The number of carbonyl (C=O) groups excluding carboxylic acids is 1. The molecule has 1 heteroatoms. The quantitative estimate of drug-likeness (QED) is 0.666. The van der Waals surface area contributed by atoms with Crippen LogP contribution in [0.15, 0.2) is 48.5 Å². The highest BCUT2D eigenvalue weighted by atomic mass is 16.1. The van der Waals surface area contributed by atoms with Gasteiger partial charge < -0.3 is 0 Å². The first-order valence-electron chi connectivity index (χ1n) is 5.99. The molecule has 2 aromatic rings. The van der Waals surface area contributed by atoms with Gasteiger partial charge in [0.15, 0.2) is 5.78 Å². The predicted molar refractivity (Wildman–Crippen MR) is 68.4 cm³/mol. The highest BCUT2D eigenvalue weighted by Crippen LogP contribution is 2.31. The van der Waals surface area contributed by atoms with Crippen LogP contribution in [0, 0.1) is 0 Å². The molecule has 2 aromatic carbocycles. The summed E-state index contributed by atoms with van der Waals surface area (Å²) in [5, 5.41) is 0. The van der Waals surface area contributed by atoms with Crippen LogP contribution in [-0.4, -0.2) is 5.78 Å². The summed E-state index contributed by atoms with van der Waals surface area (Å²) < 4.78 is 0. The van der Waals surface area contributed by atoms with Gasteiger partial charge in [-0.15, -0.1) is 0 Å². The van der Waals surface area contributed by atoms with Crippen molar-refractivity contribution in [3.8, 4) is 0 Å². The van der Waals surface area contributed by atoms with Crippen molar-refractivity contribution in [1.82, 2.24) is 0 Å². The number of fused-ring (bicyclic) bond motifs is 2. The molecule has 0 radical (unpaired) electrons. The van der Waals surface area contributed by atoms with E-state index >= 15 is 0 Å². The van der Waals surface area contributed by atoms with Crippen molar-refractivity contribution in [2.24, 2.45) is 0 Å². The Balaban J connectivity index is 2.26. The lowest BCUT2D eigenvalue weighted by Gasteiger charge is -2.11. The van der Waals surface area contributed by atoms with Crippen LogP contribution in [0.3, 0.4) is 0 Å². The summed E-state index contributed by atoms with van der Waals surface area (Å²) >= 11 is 0. The Hall–Kier alpha value is -1.89. The van der Waals surface area contributed by atoms with Gasteiger partial charge in [0.25, 0.3) is 0 Å². The second-order valence-electron chi connectivity index (χ2n) is 4.68. The van der Waals surface area contributed by atoms with Gasteiger partial charge in [0, 0.05) is 11.1 Å². The molecule has 3 rings (SSSR count). The molecule has 0 heterocycles. The van der Waals surface area contributed by atoms with Crippen molar-refractivity contribution in [1.29, 1.82) is 0 Å². The summed E-state index contributed by atoms with van der Waals surface area (Å²) in [5.74, 6) is 0.569. The van der Waals surface area contributed by atoms with E-state index in [1.54, 1.807) is 0 Å². The predicted octanol–water partition coefficient (Wildman–Crippen LogP) is 3.58. The summed E-state index contributed by atoms with van der Waals surface area (Å²) in [4.78, 5) is 12.5. The highest BCUT2D eigenvalue weighted by Gasteiger charge is 2.23. The van der Waals surface area contributed by atoms with Gasteiger partial charge in [-0.05, 0) is 23.5 Å². The van der Waals surface area contributed by atoms with Gasteiger partial charge in [0.05, 0.1) is 0 Å². The molecule has 84 valence electrons. The molecule has 1 unspecified atom stereocenters. The number of hydrogen-bond acceptors (Lipinski definition) is 1. The average Bonchev–Trinajstić information content (AvgIpc) is 2.48. The molecule has 0 fully saturated rings. The summed E-state index contributed by atoms with van der Waals surface area (Å²) in [6, 6.07) is 15.9. The number of ketones is 1. The van der Waals surface area contributed by atoms with Gasteiger partial charge in [-0.25, -0.2) is 0 Å². The lowest BCUT2D eigenvalue weighted by Crippen LogP contribution is -2.03. The van der Waals surface area contributed by atoms with E-state index in [0.717, 1.165) is 17.5 Å². The maximum atomic E-state index is 12.5. The lowest BCUT2D eigenvalue weighted by molar-refractivity contribution is 0.103. The topological polar surface area (TPSA) is 17.1 Å². The van der Waals surface area contributed by atoms with Gasteiger partial charge in [0.2, 0.25) is 0 Å². The number of benzene rings is 2. The Morgan fingerprint density at radius 2 is 1.59 bits per heavy atom. The second-order valence-corrected chi connectivity index (χ2v) is 4.68. The summed E-state index contributed by atoms with van der Waals surface area (Å²) in [5.41, 5.74) is 4.07. The van der Waals surface area contributed by atoms with Crippen molar-refractivity contribution in [2.75, 3.05) is 0 Å². The monoisotopic (exact) mass is 222 g/mol. The van der Waals surface area contributed by atoms with Gasteiger partial charge in [-0.3, -0.25) is 4.79 Å². The van der Waals surface area contributed by atoms with Crippen LogP contribution in [0.4, 0.5) is 0 Å². The number of hydrogen-bond donors (Lipinski definition) is 0. The first-order chi connectivity index (χ1) is 8.27. The van der Waals surface area contributed by atoms with Crippen LogP contribution in [0.5, 0.6) is 0 Å². The van der Waals surface area contributed by atoms with Crippen LogP contribution < -0.4 is 0 Å². The van der Waals surface area contributed by atoms with E-state index in [2.05, 4.69) is 19.1 Å². The minimum atomic E-state index is 0.167. The Morgan fingerprint density at radius 3 is 2.41 bits per heavy atom. The molecule has 1 aliphatic rings. The van der Waals surface area contributed by atoms with Crippen molar-refractivity contribution in [3.05, 3.63) is 70.8 Å². The lowest BCUT2D eigenvalue weighted by atomic mass is 9.93. The van der Waals surface area contributed by atoms with E-state index in [0.29, 0.717) is 5.92 Å². The standard InChI is InChI=1S/C16H14O/c1-11-10-12-6-2-3-8-14(12)16(17)15-9-5-4-7-13(11)15/h2-9,11H,10H2,1H3. The molecule has 0 saturated heterocycles. The van der Waals surface area contributed by atoms with Crippen molar-refractivity contribution in [3.63, 3.8) is 0 Å². The first kappa shape index (κ1) is 10.3. The third-order valence-corrected chi connectivity index (χ3v) is 3.52. The fourth-order valence-electron chi connectivity index (χ4n) is 2.64. The van der Waals surface area contributed by atoms with E-state index in [1.807, 2.05) is 36.4 Å². The molecule has 1 atom stereocenters. The summed E-state index contributed by atoms with van der Waals surface area (Å²) in [7, 11) is 0. The number of rotatable bonds is 0. The average molecular weight is 222 g/mol. The van der Waals surface area contributed by atoms with Crippen LogP contribution in [-0.2, 0) is 6.42 Å². The zero-order valence-electron chi connectivity index (χ0n) is 9.81. The second kappa shape index (κ2) is 3.85. The molecule has 0 bridgehead atoms. The molecule has 0 amide bonds. The Labute approximate surface area is 101 Å². The molecule has 1 nitrogen and oxygen atoms in total. The van der Waals surface area contributed by atoms with Gasteiger partial charge in [-0.1, -0.05) is 55.5 Å². The van der Waals surface area contributed by atoms with Crippen LogP contribution in [0.25, 0.3) is 0 Å². The molecular formula is C16H14O. The van der Waals surface area contributed by atoms with Crippen LogP contribution in [0.2, 0.25) is 0 Å². The van der Waals surface area contributed by atoms with E-state index in [9.17, 15) is 4.79 Å². The third kappa shape index (κ3) is 1.59. The zero-order valence-corrected chi connectivity index (χ0v) is 9.81. The molecule has 0 N–H and O–H groups in total. The normalized spacial score (nSPS) is 18.2. The minimum Gasteiger partial charge on any atom is -0.289 e. The van der Waals surface area contributed by atoms with Gasteiger partial charge in [-0.2, -0.15) is 0 Å².